The predicted octanol–water partition coefficient (Wildman–Crippen LogP) is 0.536. The van der Waals surface area contributed by atoms with Crippen LogP contribution in [0.15, 0.2) is 0 Å². The number of carbonyl (C=O) groups excluding carboxylic acids is 2. The lowest BCUT2D eigenvalue weighted by Crippen LogP contribution is -2.44. The average Bonchev–Trinajstić information content (AvgIpc) is 2.06. The fourth-order valence-corrected chi connectivity index (χ4v) is 0.817. The second-order valence-corrected chi connectivity index (χ2v) is 2.46. The third-order valence-electron chi connectivity index (χ3n) is 1.57. The maximum absolute atomic E-state index is 11.2. The molecule has 1 unspecified atom stereocenters. The Balaban J connectivity index is 3.92. The van der Waals surface area contributed by atoms with E-state index in [4.69, 9.17) is 0 Å². The summed E-state index contributed by atoms with van der Waals surface area (Å²) in [7, 11) is 0. The van der Waals surface area contributed by atoms with Crippen LogP contribution in [0, 0.1) is 0 Å². The first-order valence-corrected chi connectivity index (χ1v) is 4.08. The third kappa shape index (κ3) is 3.37. The normalized spacial score (nSPS) is 11.9. The van der Waals surface area contributed by atoms with Crippen LogP contribution in [0.25, 0.3) is 0 Å². The van der Waals surface area contributed by atoms with Gasteiger partial charge in [-0.15, -0.1) is 0 Å². The van der Waals surface area contributed by atoms with Crippen molar-refractivity contribution in [3.8, 4) is 0 Å². The van der Waals surface area contributed by atoms with Crippen LogP contribution in [-0.4, -0.2) is 36.3 Å². The van der Waals surface area contributed by atoms with Crippen LogP contribution >= 0.6 is 0 Å². The van der Waals surface area contributed by atoms with Crippen LogP contribution in [0.5, 0.6) is 0 Å². The minimum absolute atomic E-state index is 0.212. The molecule has 0 saturated heterocycles. The Labute approximate surface area is 72.9 Å². The van der Waals surface area contributed by atoms with E-state index in [1.165, 1.54) is 0 Å². The molecule has 1 N–H and O–H groups in total. The smallest absolute Gasteiger partial charge is 0.317 e. The maximum Gasteiger partial charge on any atom is 0.317 e. The first-order valence-electron chi connectivity index (χ1n) is 4.08. The highest BCUT2D eigenvalue weighted by Gasteiger charge is 2.11. The van der Waals surface area contributed by atoms with Gasteiger partial charge in [-0.2, -0.15) is 0 Å². The SMILES string of the molecule is CCN(CC)C(=O)NC(C)[C]=O. The van der Waals surface area contributed by atoms with E-state index in [2.05, 4.69) is 5.32 Å². The number of nitrogens with one attached hydrogen (secondary N) is 1. The summed E-state index contributed by atoms with van der Waals surface area (Å²) in [6.45, 7) is 6.66. The van der Waals surface area contributed by atoms with Crippen molar-refractivity contribution in [2.45, 2.75) is 26.8 Å². The van der Waals surface area contributed by atoms with E-state index in [-0.39, 0.29) is 6.03 Å². The van der Waals surface area contributed by atoms with E-state index in [9.17, 15) is 9.59 Å². The van der Waals surface area contributed by atoms with Crippen LogP contribution < -0.4 is 5.32 Å². The van der Waals surface area contributed by atoms with E-state index >= 15 is 0 Å². The maximum atomic E-state index is 11.2. The molecule has 1 atom stereocenters. The number of amides is 2. The molecule has 0 heterocycles. The molecule has 0 aromatic rings. The molecule has 4 heteroatoms. The summed E-state index contributed by atoms with van der Waals surface area (Å²) in [4.78, 5) is 22.9. The van der Waals surface area contributed by atoms with Gasteiger partial charge in [0.25, 0.3) is 0 Å². The Kier molecular flexibility index (Phi) is 5.08. The summed E-state index contributed by atoms with van der Waals surface area (Å²) in [5, 5.41) is 2.49. The minimum atomic E-state index is -0.530. The molecule has 0 aromatic heterocycles. The van der Waals surface area contributed by atoms with E-state index in [0.717, 1.165) is 0 Å². The van der Waals surface area contributed by atoms with Crippen LogP contribution in [0.4, 0.5) is 4.79 Å². The Morgan fingerprint density at radius 2 is 2.00 bits per heavy atom. The lowest BCUT2D eigenvalue weighted by molar-refractivity contribution is 0.202. The molecular weight excluding hydrogens is 156 g/mol. The quantitative estimate of drug-likeness (QED) is 0.671. The van der Waals surface area contributed by atoms with Crippen LogP contribution in [0.1, 0.15) is 20.8 Å². The van der Waals surface area contributed by atoms with Gasteiger partial charge in [0, 0.05) is 13.1 Å². The van der Waals surface area contributed by atoms with Crippen LogP contribution in [0.2, 0.25) is 0 Å². The molecule has 0 aliphatic rings. The number of rotatable bonds is 4. The zero-order valence-corrected chi connectivity index (χ0v) is 7.76. The summed E-state index contributed by atoms with van der Waals surface area (Å²) in [5.74, 6) is 0. The Hall–Kier alpha value is -1.06. The molecule has 0 bridgehead atoms. The Morgan fingerprint density at radius 3 is 2.33 bits per heavy atom. The van der Waals surface area contributed by atoms with Gasteiger partial charge in [0.15, 0.2) is 0 Å². The molecule has 0 aliphatic heterocycles. The van der Waals surface area contributed by atoms with Crippen LogP contribution in [-0.2, 0) is 4.79 Å². The van der Waals surface area contributed by atoms with Gasteiger partial charge in [-0.05, 0) is 20.8 Å². The third-order valence-corrected chi connectivity index (χ3v) is 1.57. The zero-order chi connectivity index (χ0) is 9.56. The minimum Gasteiger partial charge on any atom is -0.328 e. The fourth-order valence-electron chi connectivity index (χ4n) is 0.817. The first-order chi connectivity index (χ1) is 5.65. The average molecular weight is 171 g/mol. The van der Waals surface area contributed by atoms with Crippen molar-refractivity contribution >= 4 is 12.3 Å². The van der Waals surface area contributed by atoms with E-state index in [1.807, 2.05) is 13.8 Å². The molecule has 1 radical (unpaired) electrons. The number of hydrogen-bond acceptors (Lipinski definition) is 2. The van der Waals surface area contributed by atoms with Crippen molar-refractivity contribution in [3.63, 3.8) is 0 Å². The monoisotopic (exact) mass is 171 g/mol. The molecule has 2 amide bonds. The van der Waals surface area contributed by atoms with Crippen molar-refractivity contribution in [2.24, 2.45) is 0 Å². The lowest BCUT2D eigenvalue weighted by atomic mass is 10.4. The van der Waals surface area contributed by atoms with Gasteiger partial charge in [0.2, 0.25) is 6.29 Å². The molecule has 0 rings (SSSR count). The Morgan fingerprint density at radius 1 is 1.50 bits per heavy atom. The molecule has 0 aliphatic carbocycles. The molecule has 69 valence electrons. The topological polar surface area (TPSA) is 49.4 Å². The lowest BCUT2D eigenvalue weighted by Gasteiger charge is -2.19. The summed E-state index contributed by atoms with van der Waals surface area (Å²) in [6.07, 6.45) is 1.69. The fraction of sp³-hybridized carbons (Fsp3) is 0.750. The molecule has 0 saturated carbocycles. The van der Waals surface area contributed by atoms with E-state index in [0.29, 0.717) is 13.1 Å². The van der Waals surface area contributed by atoms with Crippen molar-refractivity contribution < 1.29 is 9.59 Å². The highest BCUT2D eigenvalue weighted by atomic mass is 16.2. The summed E-state index contributed by atoms with van der Waals surface area (Å²) < 4.78 is 0. The molecule has 0 spiro atoms. The highest BCUT2D eigenvalue weighted by molar-refractivity contribution is 5.77. The number of urea groups is 1. The molecular formula is C8H15N2O2. The second-order valence-electron chi connectivity index (χ2n) is 2.46. The largest absolute Gasteiger partial charge is 0.328 e. The van der Waals surface area contributed by atoms with Gasteiger partial charge in [0.1, 0.15) is 0 Å². The number of carbonyl (C=O) groups is 1. The van der Waals surface area contributed by atoms with Gasteiger partial charge in [-0.3, -0.25) is 4.79 Å². The van der Waals surface area contributed by atoms with Crippen molar-refractivity contribution in [1.29, 1.82) is 0 Å². The standard InChI is InChI=1S/C8H15N2O2/c1-4-10(5-2)8(12)9-7(3)6-11/h7H,4-5H2,1-3H3,(H,9,12). The van der Waals surface area contributed by atoms with Gasteiger partial charge in [-0.25, -0.2) is 4.79 Å². The Bertz CT molecular complexity index is 155. The molecule has 12 heavy (non-hydrogen) atoms. The van der Waals surface area contributed by atoms with Crippen molar-refractivity contribution in [1.82, 2.24) is 10.2 Å². The summed E-state index contributed by atoms with van der Waals surface area (Å²) in [5.41, 5.74) is 0. The number of hydrogen-bond donors (Lipinski definition) is 1. The van der Waals surface area contributed by atoms with Crippen molar-refractivity contribution in [3.05, 3.63) is 0 Å². The molecule has 0 fully saturated rings. The van der Waals surface area contributed by atoms with E-state index < -0.39 is 6.04 Å². The zero-order valence-electron chi connectivity index (χ0n) is 7.76. The second kappa shape index (κ2) is 5.57. The summed E-state index contributed by atoms with van der Waals surface area (Å²) in [6, 6.07) is -0.742. The van der Waals surface area contributed by atoms with Gasteiger partial charge in [-0.1, -0.05) is 0 Å². The molecule has 4 nitrogen and oxygen atoms in total. The number of nitrogens with zero attached hydrogens (tertiary/aromatic N) is 1. The first kappa shape index (κ1) is 10.9. The predicted molar refractivity (Wildman–Crippen MR) is 46.6 cm³/mol. The van der Waals surface area contributed by atoms with E-state index in [1.54, 1.807) is 18.1 Å². The van der Waals surface area contributed by atoms with Gasteiger partial charge >= 0.3 is 6.03 Å². The van der Waals surface area contributed by atoms with Crippen LogP contribution in [0.3, 0.4) is 0 Å². The summed E-state index contributed by atoms with van der Waals surface area (Å²) >= 11 is 0. The van der Waals surface area contributed by atoms with Crippen molar-refractivity contribution in [2.75, 3.05) is 13.1 Å². The van der Waals surface area contributed by atoms with Gasteiger partial charge < -0.3 is 10.2 Å². The highest BCUT2D eigenvalue weighted by Crippen LogP contribution is 1.88. The molecule has 0 aromatic carbocycles. The van der Waals surface area contributed by atoms with Gasteiger partial charge in [0.05, 0.1) is 6.04 Å².